The molecule has 0 amide bonds. The molecule has 0 aromatic carbocycles. The molecule has 2 atom stereocenters. The topological polar surface area (TPSA) is 55.0 Å². The Labute approximate surface area is 90.5 Å². The van der Waals surface area contributed by atoms with E-state index in [2.05, 4.69) is 22.0 Å². The van der Waals surface area contributed by atoms with Crippen LogP contribution in [-0.4, -0.2) is 29.3 Å². The molecule has 2 heterocycles. The third-order valence-electron chi connectivity index (χ3n) is 3.08. The average molecular weight is 206 g/mol. The molecule has 1 saturated heterocycles. The second kappa shape index (κ2) is 4.57. The fourth-order valence-corrected chi connectivity index (χ4v) is 2.11. The fourth-order valence-electron chi connectivity index (χ4n) is 2.11. The summed E-state index contributed by atoms with van der Waals surface area (Å²) in [4.78, 5) is 2.28. The molecule has 2 N–H and O–H groups in total. The van der Waals surface area contributed by atoms with E-state index < -0.39 is 0 Å². The van der Waals surface area contributed by atoms with Gasteiger partial charge in [0.1, 0.15) is 0 Å². The standard InChI is InChI=1S/C11H18N4/c1-9(12)10-4-3-7-15(8-10)11-5-2-6-13-14-11/h2,5-6,9-10H,3-4,7-8,12H2,1H3. The molecule has 1 aromatic rings. The van der Waals surface area contributed by atoms with Crippen LogP contribution in [0.1, 0.15) is 19.8 Å². The first-order valence-corrected chi connectivity index (χ1v) is 5.55. The predicted molar refractivity (Wildman–Crippen MR) is 60.6 cm³/mol. The maximum atomic E-state index is 5.94. The molecular weight excluding hydrogens is 188 g/mol. The first-order valence-electron chi connectivity index (χ1n) is 5.55. The summed E-state index contributed by atoms with van der Waals surface area (Å²) in [6.45, 7) is 4.17. The number of hydrogen-bond donors (Lipinski definition) is 1. The third kappa shape index (κ3) is 2.45. The smallest absolute Gasteiger partial charge is 0.151 e. The van der Waals surface area contributed by atoms with Crippen LogP contribution in [0.3, 0.4) is 0 Å². The molecular formula is C11H18N4. The lowest BCUT2D eigenvalue weighted by Crippen LogP contribution is -2.42. The van der Waals surface area contributed by atoms with Crippen LogP contribution in [0.15, 0.2) is 18.3 Å². The molecule has 1 aromatic heterocycles. The molecule has 2 rings (SSSR count). The van der Waals surface area contributed by atoms with E-state index in [4.69, 9.17) is 5.73 Å². The Hall–Kier alpha value is -1.16. The first kappa shape index (κ1) is 10.4. The normalized spacial score (nSPS) is 23.9. The van der Waals surface area contributed by atoms with E-state index in [1.54, 1.807) is 6.20 Å². The predicted octanol–water partition coefficient (Wildman–Crippen LogP) is 1.04. The number of rotatable bonds is 2. The Kier molecular flexibility index (Phi) is 3.16. The maximum absolute atomic E-state index is 5.94. The second-order valence-corrected chi connectivity index (χ2v) is 4.29. The highest BCUT2D eigenvalue weighted by molar-refractivity contribution is 5.36. The van der Waals surface area contributed by atoms with E-state index >= 15 is 0 Å². The molecule has 1 aliphatic rings. The van der Waals surface area contributed by atoms with Gasteiger partial charge in [0.15, 0.2) is 5.82 Å². The molecule has 1 aliphatic heterocycles. The van der Waals surface area contributed by atoms with Gasteiger partial charge in [-0.05, 0) is 37.8 Å². The van der Waals surface area contributed by atoms with Gasteiger partial charge in [0.25, 0.3) is 0 Å². The molecule has 4 heteroatoms. The SMILES string of the molecule is CC(N)C1CCCN(c2cccnn2)C1. The van der Waals surface area contributed by atoms with Crippen LogP contribution in [0.25, 0.3) is 0 Å². The zero-order valence-corrected chi connectivity index (χ0v) is 9.13. The van der Waals surface area contributed by atoms with Crippen molar-refractivity contribution in [1.29, 1.82) is 0 Å². The van der Waals surface area contributed by atoms with Gasteiger partial charge in [0, 0.05) is 25.3 Å². The van der Waals surface area contributed by atoms with Gasteiger partial charge in [-0.2, -0.15) is 5.10 Å². The van der Waals surface area contributed by atoms with Crippen molar-refractivity contribution in [3.8, 4) is 0 Å². The number of nitrogens with zero attached hydrogens (tertiary/aromatic N) is 3. The Bertz CT molecular complexity index is 299. The summed E-state index contributed by atoms with van der Waals surface area (Å²) in [7, 11) is 0. The van der Waals surface area contributed by atoms with Crippen molar-refractivity contribution in [1.82, 2.24) is 10.2 Å². The molecule has 1 fully saturated rings. The lowest BCUT2D eigenvalue weighted by atomic mass is 9.92. The first-order chi connectivity index (χ1) is 7.27. The summed E-state index contributed by atoms with van der Waals surface area (Å²) in [5, 5.41) is 8.04. The van der Waals surface area contributed by atoms with Gasteiger partial charge in [0.05, 0.1) is 0 Å². The minimum Gasteiger partial charge on any atom is -0.355 e. The molecule has 4 nitrogen and oxygen atoms in total. The highest BCUT2D eigenvalue weighted by Crippen LogP contribution is 2.22. The Morgan fingerprint density at radius 3 is 3.13 bits per heavy atom. The van der Waals surface area contributed by atoms with Crippen molar-refractivity contribution in [3.63, 3.8) is 0 Å². The van der Waals surface area contributed by atoms with Crippen molar-refractivity contribution in [2.24, 2.45) is 11.7 Å². The van der Waals surface area contributed by atoms with Crippen molar-refractivity contribution in [2.45, 2.75) is 25.8 Å². The van der Waals surface area contributed by atoms with E-state index in [0.717, 1.165) is 18.9 Å². The Balaban J connectivity index is 2.05. The van der Waals surface area contributed by atoms with Crippen molar-refractivity contribution < 1.29 is 0 Å². The van der Waals surface area contributed by atoms with Crippen molar-refractivity contribution in [3.05, 3.63) is 18.3 Å². The summed E-state index contributed by atoms with van der Waals surface area (Å²) in [5.41, 5.74) is 5.94. The van der Waals surface area contributed by atoms with Gasteiger partial charge in [0.2, 0.25) is 0 Å². The van der Waals surface area contributed by atoms with Crippen LogP contribution in [0.5, 0.6) is 0 Å². The molecule has 15 heavy (non-hydrogen) atoms. The third-order valence-corrected chi connectivity index (χ3v) is 3.08. The Morgan fingerprint density at radius 2 is 2.47 bits per heavy atom. The van der Waals surface area contributed by atoms with Crippen LogP contribution >= 0.6 is 0 Å². The van der Waals surface area contributed by atoms with Gasteiger partial charge >= 0.3 is 0 Å². The number of nitrogens with two attached hydrogens (primary N) is 1. The molecule has 0 radical (unpaired) electrons. The average Bonchev–Trinajstić information content (AvgIpc) is 2.30. The van der Waals surface area contributed by atoms with E-state index in [9.17, 15) is 0 Å². The summed E-state index contributed by atoms with van der Waals surface area (Å²) in [6, 6.07) is 4.21. The zero-order chi connectivity index (χ0) is 10.7. The number of aromatic nitrogens is 2. The molecule has 0 spiro atoms. The van der Waals surface area contributed by atoms with Crippen molar-refractivity contribution in [2.75, 3.05) is 18.0 Å². The van der Waals surface area contributed by atoms with Crippen LogP contribution in [-0.2, 0) is 0 Å². The van der Waals surface area contributed by atoms with Crippen LogP contribution < -0.4 is 10.6 Å². The maximum Gasteiger partial charge on any atom is 0.151 e. The highest BCUT2D eigenvalue weighted by Gasteiger charge is 2.23. The summed E-state index contributed by atoms with van der Waals surface area (Å²) < 4.78 is 0. The van der Waals surface area contributed by atoms with E-state index in [0.29, 0.717) is 5.92 Å². The van der Waals surface area contributed by atoms with Gasteiger partial charge in [-0.15, -0.1) is 5.10 Å². The fraction of sp³-hybridized carbons (Fsp3) is 0.636. The van der Waals surface area contributed by atoms with Crippen LogP contribution in [0.4, 0.5) is 5.82 Å². The zero-order valence-electron chi connectivity index (χ0n) is 9.13. The van der Waals surface area contributed by atoms with Gasteiger partial charge in [-0.25, -0.2) is 0 Å². The lowest BCUT2D eigenvalue weighted by Gasteiger charge is -2.35. The molecule has 2 unspecified atom stereocenters. The quantitative estimate of drug-likeness (QED) is 0.785. The molecule has 0 saturated carbocycles. The molecule has 82 valence electrons. The van der Waals surface area contributed by atoms with Crippen molar-refractivity contribution >= 4 is 5.82 Å². The van der Waals surface area contributed by atoms with E-state index in [1.807, 2.05) is 12.1 Å². The minimum atomic E-state index is 0.268. The largest absolute Gasteiger partial charge is 0.355 e. The summed E-state index contributed by atoms with van der Waals surface area (Å²) in [6.07, 6.45) is 4.13. The number of anilines is 1. The lowest BCUT2D eigenvalue weighted by molar-refractivity contribution is 0.363. The minimum absolute atomic E-state index is 0.268. The van der Waals surface area contributed by atoms with Crippen LogP contribution in [0.2, 0.25) is 0 Å². The number of piperidine rings is 1. The summed E-state index contributed by atoms with van der Waals surface area (Å²) >= 11 is 0. The highest BCUT2D eigenvalue weighted by atomic mass is 15.3. The second-order valence-electron chi connectivity index (χ2n) is 4.29. The molecule has 0 bridgehead atoms. The monoisotopic (exact) mass is 206 g/mol. The van der Waals surface area contributed by atoms with Crippen LogP contribution in [0, 0.1) is 5.92 Å². The number of hydrogen-bond acceptors (Lipinski definition) is 4. The van der Waals surface area contributed by atoms with E-state index in [-0.39, 0.29) is 6.04 Å². The Morgan fingerprint density at radius 1 is 1.60 bits per heavy atom. The summed E-state index contributed by atoms with van der Waals surface area (Å²) in [5.74, 6) is 1.56. The van der Waals surface area contributed by atoms with Gasteiger partial charge < -0.3 is 10.6 Å². The van der Waals surface area contributed by atoms with Gasteiger partial charge in [-0.3, -0.25) is 0 Å². The van der Waals surface area contributed by atoms with E-state index in [1.165, 1.54) is 12.8 Å². The van der Waals surface area contributed by atoms with Gasteiger partial charge in [-0.1, -0.05) is 0 Å². The molecule has 0 aliphatic carbocycles.